The van der Waals surface area contributed by atoms with Crippen molar-refractivity contribution < 1.29 is 23.8 Å². The third kappa shape index (κ3) is 6.96. The Balaban J connectivity index is 1.24. The van der Waals surface area contributed by atoms with E-state index < -0.39 is 0 Å². The summed E-state index contributed by atoms with van der Waals surface area (Å²) in [5.74, 6) is 0.946. The molecule has 4 aromatic rings. The quantitative estimate of drug-likeness (QED) is 0.210. The van der Waals surface area contributed by atoms with Crippen LogP contribution in [0.1, 0.15) is 43.7 Å². The molecule has 0 radical (unpaired) electrons. The smallest absolute Gasteiger partial charge is 0.320 e. The van der Waals surface area contributed by atoms with E-state index in [1.54, 1.807) is 0 Å². The van der Waals surface area contributed by atoms with Crippen LogP contribution >= 0.6 is 0 Å². The number of benzene rings is 4. The summed E-state index contributed by atoms with van der Waals surface area (Å²) in [6.07, 6.45) is 0.495. The van der Waals surface area contributed by atoms with E-state index >= 15 is 0 Å². The van der Waals surface area contributed by atoms with Gasteiger partial charge in [-0.05, 0) is 41.9 Å². The molecular weight excluding hydrogens is 540 g/mol. The van der Waals surface area contributed by atoms with Gasteiger partial charge in [-0.1, -0.05) is 72.8 Å². The first kappa shape index (κ1) is 28.6. The van der Waals surface area contributed by atoms with Crippen LogP contribution in [0.4, 0.5) is 0 Å². The summed E-state index contributed by atoms with van der Waals surface area (Å²) in [7, 11) is 2.08. The molecular formula is C36H36N2O5. The number of fused-ring (bicyclic) bond motifs is 2. The number of piperazine rings is 1. The molecule has 4 aromatic carbocycles. The molecule has 7 heteroatoms. The zero-order chi connectivity index (χ0) is 29.6. The van der Waals surface area contributed by atoms with Crippen molar-refractivity contribution >= 4 is 11.8 Å². The van der Waals surface area contributed by atoms with E-state index in [9.17, 15) is 9.59 Å². The Labute approximate surface area is 252 Å². The average molecular weight is 577 g/mol. The summed E-state index contributed by atoms with van der Waals surface area (Å²) < 4.78 is 18.3. The van der Waals surface area contributed by atoms with Gasteiger partial charge >= 0.3 is 5.97 Å². The first-order valence-electron chi connectivity index (χ1n) is 14.8. The summed E-state index contributed by atoms with van der Waals surface area (Å²) in [5.41, 5.74) is 5.67. The van der Waals surface area contributed by atoms with Gasteiger partial charge in [0, 0.05) is 54.9 Å². The fourth-order valence-electron chi connectivity index (χ4n) is 5.59. The molecule has 1 fully saturated rings. The number of ether oxygens (including phenoxy) is 3. The number of likely N-dealkylation sites (N-methyl/N-ethyl adjacent to an activating group) is 1. The molecule has 0 amide bonds. The van der Waals surface area contributed by atoms with Crippen LogP contribution in [0.2, 0.25) is 0 Å². The van der Waals surface area contributed by atoms with Crippen molar-refractivity contribution in [2.24, 2.45) is 0 Å². The average Bonchev–Trinajstić information content (AvgIpc) is 3.04. The molecule has 1 heterocycles. The predicted octanol–water partition coefficient (Wildman–Crippen LogP) is 5.27. The van der Waals surface area contributed by atoms with Gasteiger partial charge in [0.15, 0.2) is 5.78 Å². The Hall–Kier alpha value is -4.46. The Bertz CT molecular complexity index is 1580. The van der Waals surface area contributed by atoms with Crippen molar-refractivity contribution in [3.63, 3.8) is 0 Å². The molecule has 1 saturated heterocycles. The molecule has 0 unspecified atom stereocenters. The molecule has 0 atom stereocenters. The van der Waals surface area contributed by atoms with Crippen LogP contribution in [0.5, 0.6) is 11.5 Å². The topological polar surface area (TPSA) is 68.3 Å². The maximum absolute atomic E-state index is 13.9. The van der Waals surface area contributed by atoms with E-state index in [4.69, 9.17) is 14.2 Å². The standard InChI is InChI=1S/C36H36N2O5/c1-37-15-17-38(18-16-37)22-35(39)43-25-28-19-32-31(34(20-28)42-24-27-11-6-3-7-12-27)21-30-29(36(32)40)13-8-14-33(30)41-23-26-9-4-2-5-10-26/h2-14,19-20H,15-18,21-25H2,1H3. The number of carbonyl (C=O) groups is 2. The lowest BCUT2D eigenvalue weighted by Crippen LogP contribution is -2.46. The summed E-state index contributed by atoms with van der Waals surface area (Å²) >= 11 is 0. The van der Waals surface area contributed by atoms with Crippen molar-refractivity contribution in [1.29, 1.82) is 0 Å². The first-order valence-corrected chi connectivity index (χ1v) is 14.8. The molecule has 1 aliphatic carbocycles. The van der Waals surface area contributed by atoms with Crippen molar-refractivity contribution in [1.82, 2.24) is 9.80 Å². The zero-order valence-corrected chi connectivity index (χ0v) is 24.5. The molecule has 0 N–H and O–H groups in total. The highest BCUT2D eigenvalue weighted by Crippen LogP contribution is 2.39. The van der Waals surface area contributed by atoms with Crippen LogP contribution in [-0.4, -0.2) is 61.3 Å². The van der Waals surface area contributed by atoms with Crippen molar-refractivity contribution in [3.8, 4) is 11.5 Å². The predicted molar refractivity (Wildman–Crippen MR) is 164 cm³/mol. The number of carbonyl (C=O) groups excluding carboxylic acids is 2. The van der Waals surface area contributed by atoms with E-state index in [0.29, 0.717) is 42.3 Å². The van der Waals surface area contributed by atoms with Crippen LogP contribution in [0, 0.1) is 0 Å². The van der Waals surface area contributed by atoms with Gasteiger partial charge in [-0.15, -0.1) is 0 Å². The molecule has 0 aromatic heterocycles. The first-order chi connectivity index (χ1) is 21.0. The third-order valence-electron chi connectivity index (χ3n) is 8.07. The number of rotatable bonds is 10. The number of esters is 1. The molecule has 2 aliphatic rings. The molecule has 0 spiro atoms. The fourth-order valence-corrected chi connectivity index (χ4v) is 5.59. The second-order valence-corrected chi connectivity index (χ2v) is 11.2. The molecule has 0 bridgehead atoms. The Morgan fingerprint density at radius 2 is 1.30 bits per heavy atom. The van der Waals surface area contributed by atoms with Crippen LogP contribution in [0.25, 0.3) is 0 Å². The highest BCUT2D eigenvalue weighted by atomic mass is 16.5. The Morgan fingerprint density at radius 3 is 1.98 bits per heavy atom. The summed E-state index contributed by atoms with van der Waals surface area (Å²) in [6, 6.07) is 29.3. The number of hydrogen-bond acceptors (Lipinski definition) is 7. The van der Waals surface area contributed by atoms with Gasteiger partial charge in [0.1, 0.15) is 31.3 Å². The molecule has 43 heavy (non-hydrogen) atoms. The van der Waals surface area contributed by atoms with Crippen LogP contribution < -0.4 is 9.47 Å². The van der Waals surface area contributed by atoms with Crippen LogP contribution in [-0.2, 0) is 35.8 Å². The third-order valence-corrected chi connectivity index (χ3v) is 8.07. The summed E-state index contributed by atoms with van der Waals surface area (Å²) in [6.45, 7) is 4.64. The van der Waals surface area contributed by atoms with Gasteiger partial charge in [-0.2, -0.15) is 0 Å². The number of nitrogens with zero attached hydrogens (tertiary/aromatic N) is 2. The molecule has 220 valence electrons. The van der Waals surface area contributed by atoms with E-state index in [2.05, 4.69) is 16.8 Å². The Kier molecular flexibility index (Phi) is 8.82. The van der Waals surface area contributed by atoms with Crippen LogP contribution in [0.15, 0.2) is 91.0 Å². The minimum Gasteiger partial charge on any atom is -0.489 e. The van der Waals surface area contributed by atoms with E-state index in [0.717, 1.165) is 54.0 Å². The van der Waals surface area contributed by atoms with Gasteiger partial charge in [0.2, 0.25) is 0 Å². The van der Waals surface area contributed by atoms with Crippen molar-refractivity contribution in [2.75, 3.05) is 39.8 Å². The van der Waals surface area contributed by atoms with Gasteiger partial charge in [-0.3, -0.25) is 14.5 Å². The van der Waals surface area contributed by atoms with Gasteiger partial charge in [0.25, 0.3) is 0 Å². The van der Waals surface area contributed by atoms with Crippen molar-refractivity contribution in [3.05, 3.63) is 130 Å². The van der Waals surface area contributed by atoms with Gasteiger partial charge in [0.05, 0.1) is 6.54 Å². The van der Waals surface area contributed by atoms with Crippen LogP contribution in [0.3, 0.4) is 0 Å². The highest BCUT2D eigenvalue weighted by Gasteiger charge is 2.29. The molecule has 0 saturated carbocycles. The maximum Gasteiger partial charge on any atom is 0.320 e. The van der Waals surface area contributed by atoms with Gasteiger partial charge in [-0.25, -0.2) is 0 Å². The second-order valence-electron chi connectivity index (χ2n) is 11.2. The monoisotopic (exact) mass is 576 g/mol. The molecule has 7 nitrogen and oxygen atoms in total. The molecule has 6 rings (SSSR count). The maximum atomic E-state index is 13.9. The lowest BCUT2D eigenvalue weighted by atomic mass is 9.83. The lowest BCUT2D eigenvalue weighted by molar-refractivity contribution is -0.146. The lowest BCUT2D eigenvalue weighted by Gasteiger charge is -2.31. The normalized spacial score (nSPS) is 15.0. The van der Waals surface area contributed by atoms with E-state index in [-0.39, 0.29) is 24.9 Å². The number of ketones is 1. The molecule has 1 aliphatic heterocycles. The highest BCUT2D eigenvalue weighted by molar-refractivity contribution is 6.13. The van der Waals surface area contributed by atoms with Gasteiger partial charge < -0.3 is 19.1 Å². The summed E-state index contributed by atoms with van der Waals surface area (Å²) in [5, 5.41) is 0. The van der Waals surface area contributed by atoms with E-state index in [1.807, 2.05) is 91.0 Å². The van der Waals surface area contributed by atoms with Crippen molar-refractivity contribution in [2.45, 2.75) is 26.2 Å². The zero-order valence-electron chi connectivity index (χ0n) is 24.5. The fraction of sp³-hybridized carbons (Fsp3) is 0.278. The Morgan fingerprint density at radius 1 is 0.674 bits per heavy atom. The second kappa shape index (κ2) is 13.2. The minimum absolute atomic E-state index is 0.0713. The summed E-state index contributed by atoms with van der Waals surface area (Å²) in [4.78, 5) is 31.0. The largest absolute Gasteiger partial charge is 0.489 e. The number of hydrogen-bond donors (Lipinski definition) is 0. The SMILES string of the molecule is CN1CCN(CC(=O)OCc2cc(OCc3ccccc3)c3c(c2)C(=O)c2cccc(OCc4ccccc4)c2C3)CC1. The van der Waals surface area contributed by atoms with E-state index in [1.165, 1.54) is 0 Å². The minimum atomic E-state index is -0.272.